The van der Waals surface area contributed by atoms with Gasteiger partial charge in [-0.1, -0.05) is 78.1 Å². The minimum Gasteiger partial charge on any atom is -0.360 e. The maximum absolute atomic E-state index is 12.5. The molecule has 0 saturated carbocycles. The van der Waals surface area contributed by atoms with Crippen molar-refractivity contribution in [3.05, 3.63) is 0 Å². The maximum Gasteiger partial charge on any atom is 0.251 e. The van der Waals surface area contributed by atoms with Crippen molar-refractivity contribution >= 4 is 5.91 Å². The molecule has 2 heterocycles. The molecule has 182 valence electrons. The highest BCUT2D eigenvalue weighted by Gasteiger charge is 2.46. The average Bonchev–Trinajstić information content (AvgIpc) is 2.75. The summed E-state index contributed by atoms with van der Waals surface area (Å²) in [5, 5.41) is 0. The van der Waals surface area contributed by atoms with Gasteiger partial charge in [-0.05, 0) is 46.5 Å². The second-order valence-electron chi connectivity index (χ2n) is 10.6. The summed E-state index contributed by atoms with van der Waals surface area (Å²) in [6.07, 6.45) is 18.3. The van der Waals surface area contributed by atoms with Crippen LogP contribution in [0.1, 0.15) is 125 Å². The first-order valence-electron chi connectivity index (χ1n) is 13.6. The molecular weight excluding hydrogens is 384 g/mol. The predicted molar refractivity (Wildman–Crippen MR) is 131 cm³/mol. The standard InChI is InChI=1S/C27H52N2O2/c1-6-8-10-12-14-16-25(17-15-13-11-9-7-2)28-20-18-27(19-21-28)22-29(23(3)4)26(30)24(5)31-27/h23-25H,6-22H2,1-5H3/t24-/m1/s1. The number of hydrogen-bond acceptors (Lipinski definition) is 3. The van der Waals surface area contributed by atoms with Gasteiger partial charge >= 0.3 is 0 Å². The highest BCUT2D eigenvalue weighted by molar-refractivity contribution is 5.81. The summed E-state index contributed by atoms with van der Waals surface area (Å²) >= 11 is 0. The number of piperidine rings is 1. The molecule has 0 aliphatic carbocycles. The molecule has 2 fully saturated rings. The molecule has 1 amide bonds. The van der Waals surface area contributed by atoms with Gasteiger partial charge in [-0.25, -0.2) is 0 Å². The summed E-state index contributed by atoms with van der Waals surface area (Å²) in [5.74, 6) is 0.167. The zero-order valence-corrected chi connectivity index (χ0v) is 21.5. The molecule has 4 nitrogen and oxygen atoms in total. The van der Waals surface area contributed by atoms with Crippen molar-refractivity contribution in [3.8, 4) is 0 Å². The molecule has 2 saturated heterocycles. The number of likely N-dealkylation sites (tertiary alicyclic amines) is 1. The van der Waals surface area contributed by atoms with Crippen LogP contribution in [0.25, 0.3) is 0 Å². The van der Waals surface area contributed by atoms with Crippen LogP contribution in [0.15, 0.2) is 0 Å². The number of carbonyl (C=O) groups is 1. The van der Waals surface area contributed by atoms with E-state index in [4.69, 9.17) is 4.74 Å². The van der Waals surface area contributed by atoms with Crippen LogP contribution in [-0.4, -0.2) is 59.1 Å². The molecule has 0 radical (unpaired) electrons. The van der Waals surface area contributed by atoms with E-state index in [9.17, 15) is 4.79 Å². The first kappa shape index (κ1) is 26.6. The van der Waals surface area contributed by atoms with Crippen molar-refractivity contribution < 1.29 is 9.53 Å². The number of nitrogens with zero attached hydrogens (tertiary/aromatic N) is 2. The molecule has 0 aromatic rings. The predicted octanol–water partition coefficient (Wildman–Crippen LogP) is 6.57. The summed E-state index contributed by atoms with van der Waals surface area (Å²) in [6.45, 7) is 13.8. The zero-order valence-electron chi connectivity index (χ0n) is 21.5. The van der Waals surface area contributed by atoms with Gasteiger partial charge in [0, 0.05) is 25.2 Å². The van der Waals surface area contributed by atoms with E-state index >= 15 is 0 Å². The monoisotopic (exact) mass is 436 g/mol. The van der Waals surface area contributed by atoms with Gasteiger partial charge in [-0.3, -0.25) is 4.79 Å². The van der Waals surface area contributed by atoms with E-state index in [0.717, 1.165) is 38.5 Å². The van der Waals surface area contributed by atoms with Crippen molar-refractivity contribution in [2.24, 2.45) is 0 Å². The quantitative estimate of drug-likeness (QED) is 0.289. The third kappa shape index (κ3) is 8.35. The lowest BCUT2D eigenvalue weighted by Crippen LogP contribution is -2.63. The molecule has 1 atom stereocenters. The lowest BCUT2D eigenvalue weighted by molar-refractivity contribution is -0.193. The molecule has 2 aliphatic heterocycles. The Morgan fingerprint density at radius 1 is 0.903 bits per heavy atom. The minimum atomic E-state index is -0.296. The lowest BCUT2D eigenvalue weighted by Gasteiger charge is -2.51. The van der Waals surface area contributed by atoms with Crippen molar-refractivity contribution in [1.82, 2.24) is 9.80 Å². The van der Waals surface area contributed by atoms with Crippen LogP contribution in [0.3, 0.4) is 0 Å². The average molecular weight is 437 g/mol. The summed E-state index contributed by atoms with van der Waals surface area (Å²) < 4.78 is 6.37. The Hall–Kier alpha value is -0.610. The minimum absolute atomic E-state index is 0.124. The smallest absolute Gasteiger partial charge is 0.251 e. The Morgan fingerprint density at radius 3 is 1.90 bits per heavy atom. The van der Waals surface area contributed by atoms with Crippen molar-refractivity contribution in [2.45, 2.75) is 148 Å². The van der Waals surface area contributed by atoms with Crippen LogP contribution in [0, 0.1) is 0 Å². The number of morpholine rings is 1. The van der Waals surface area contributed by atoms with E-state index in [1.807, 2.05) is 6.92 Å². The van der Waals surface area contributed by atoms with Crippen LogP contribution >= 0.6 is 0 Å². The molecule has 2 rings (SSSR count). The molecule has 1 spiro atoms. The van der Waals surface area contributed by atoms with Gasteiger partial charge in [0.1, 0.15) is 6.10 Å². The number of hydrogen-bond donors (Lipinski definition) is 0. The summed E-state index contributed by atoms with van der Waals surface area (Å²) in [7, 11) is 0. The molecule has 0 unspecified atom stereocenters. The van der Waals surface area contributed by atoms with E-state index in [-0.39, 0.29) is 23.7 Å². The summed E-state index contributed by atoms with van der Waals surface area (Å²) in [5.41, 5.74) is -0.124. The van der Waals surface area contributed by atoms with Gasteiger partial charge in [-0.15, -0.1) is 0 Å². The topological polar surface area (TPSA) is 32.8 Å². The van der Waals surface area contributed by atoms with E-state index < -0.39 is 0 Å². The molecule has 0 aromatic heterocycles. The van der Waals surface area contributed by atoms with Crippen LogP contribution in [-0.2, 0) is 9.53 Å². The second-order valence-corrected chi connectivity index (χ2v) is 10.6. The van der Waals surface area contributed by atoms with Crippen LogP contribution in [0.5, 0.6) is 0 Å². The first-order chi connectivity index (χ1) is 14.9. The van der Waals surface area contributed by atoms with Gasteiger partial charge < -0.3 is 14.5 Å². The number of unbranched alkanes of at least 4 members (excludes halogenated alkanes) is 8. The van der Waals surface area contributed by atoms with Gasteiger partial charge in [0.15, 0.2) is 0 Å². The van der Waals surface area contributed by atoms with Gasteiger partial charge in [0.2, 0.25) is 0 Å². The Labute approximate surface area is 193 Å². The van der Waals surface area contributed by atoms with Crippen LogP contribution < -0.4 is 0 Å². The molecule has 0 aromatic carbocycles. The third-order valence-corrected chi connectivity index (χ3v) is 7.65. The Kier molecular flexibility index (Phi) is 11.9. The molecule has 0 N–H and O–H groups in total. The van der Waals surface area contributed by atoms with E-state index in [2.05, 4.69) is 37.5 Å². The van der Waals surface area contributed by atoms with E-state index in [0.29, 0.717) is 0 Å². The molecule has 0 bridgehead atoms. The van der Waals surface area contributed by atoms with Gasteiger partial charge in [-0.2, -0.15) is 0 Å². The van der Waals surface area contributed by atoms with Gasteiger partial charge in [0.25, 0.3) is 5.91 Å². The fourth-order valence-corrected chi connectivity index (χ4v) is 5.57. The number of amides is 1. The molecule has 2 aliphatic rings. The first-order valence-corrected chi connectivity index (χ1v) is 13.6. The lowest BCUT2D eigenvalue weighted by atomic mass is 9.86. The Morgan fingerprint density at radius 2 is 1.42 bits per heavy atom. The summed E-state index contributed by atoms with van der Waals surface area (Å²) in [4.78, 5) is 17.4. The van der Waals surface area contributed by atoms with Crippen LogP contribution in [0.2, 0.25) is 0 Å². The van der Waals surface area contributed by atoms with Crippen molar-refractivity contribution in [1.29, 1.82) is 0 Å². The van der Waals surface area contributed by atoms with Crippen molar-refractivity contribution in [2.75, 3.05) is 19.6 Å². The largest absolute Gasteiger partial charge is 0.360 e. The zero-order chi connectivity index (χ0) is 22.7. The molecule has 4 heteroatoms. The van der Waals surface area contributed by atoms with Gasteiger partial charge in [0.05, 0.1) is 12.1 Å². The highest BCUT2D eigenvalue weighted by atomic mass is 16.5. The SMILES string of the molecule is CCCCCCCC(CCCCCCC)N1CCC2(CC1)CN(C(C)C)C(=O)[C@@H](C)O2. The number of rotatable bonds is 14. The number of ether oxygens (including phenoxy) is 1. The summed E-state index contributed by atoms with van der Waals surface area (Å²) in [6, 6.07) is 0.997. The third-order valence-electron chi connectivity index (χ3n) is 7.65. The maximum atomic E-state index is 12.5. The Balaban J connectivity index is 1.89. The Bertz CT molecular complexity index is 485. The van der Waals surface area contributed by atoms with Crippen LogP contribution in [0.4, 0.5) is 0 Å². The highest BCUT2D eigenvalue weighted by Crippen LogP contribution is 2.35. The van der Waals surface area contributed by atoms with E-state index in [1.54, 1.807) is 0 Å². The van der Waals surface area contributed by atoms with Crippen molar-refractivity contribution in [3.63, 3.8) is 0 Å². The molecule has 31 heavy (non-hydrogen) atoms. The second kappa shape index (κ2) is 13.8. The fourth-order valence-electron chi connectivity index (χ4n) is 5.57. The number of carbonyl (C=O) groups excluding carboxylic acids is 1. The molecular formula is C27H52N2O2. The normalized spacial score (nSPS) is 22.2. The van der Waals surface area contributed by atoms with E-state index in [1.165, 1.54) is 77.0 Å². The fraction of sp³-hybridized carbons (Fsp3) is 0.963.